The Morgan fingerprint density at radius 1 is 1.37 bits per heavy atom. The lowest BCUT2D eigenvalue weighted by Gasteiger charge is -2.32. The van der Waals surface area contributed by atoms with Gasteiger partial charge in [-0.3, -0.25) is 0 Å². The number of nitrogens with one attached hydrogen (secondary N) is 1. The van der Waals surface area contributed by atoms with E-state index in [-0.39, 0.29) is 12.1 Å². The summed E-state index contributed by atoms with van der Waals surface area (Å²) in [5, 5.41) is 13.3. The molecule has 4 heteroatoms. The van der Waals surface area contributed by atoms with E-state index in [0.717, 1.165) is 52.1 Å². The Morgan fingerprint density at radius 3 is 2.79 bits per heavy atom. The van der Waals surface area contributed by atoms with Crippen molar-refractivity contribution in [2.45, 2.75) is 57.0 Å². The minimum absolute atomic E-state index is 0.0823. The predicted octanol–water partition coefficient (Wildman–Crippen LogP) is 1.71. The number of ether oxygens (including phenoxy) is 2. The third-order valence-corrected chi connectivity index (χ3v) is 4.39. The van der Waals surface area contributed by atoms with Crippen LogP contribution in [0.5, 0.6) is 0 Å². The lowest BCUT2D eigenvalue weighted by molar-refractivity contribution is 0.0751. The van der Waals surface area contributed by atoms with Crippen molar-refractivity contribution in [2.75, 3.05) is 33.0 Å². The third-order valence-electron chi connectivity index (χ3n) is 4.39. The molecule has 4 nitrogen and oxygen atoms in total. The van der Waals surface area contributed by atoms with Crippen LogP contribution in [0, 0.1) is 5.92 Å². The first-order chi connectivity index (χ1) is 9.28. The molecule has 2 atom stereocenters. The van der Waals surface area contributed by atoms with Crippen LogP contribution in [0.3, 0.4) is 0 Å². The topological polar surface area (TPSA) is 50.7 Å². The zero-order chi connectivity index (χ0) is 13.6. The van der Waals surface area contributed by atoms with Crippen LogP contribution in [0.15, 0.2) is 0 Å². The van der Waals surface area contributed by atoms with Gasteiger partial charge in [-0.2, -0.15) is 0 Å². The number of aliphatic hydroxyl groups excluding tert-OH is 1. The van der Waals surface area contributed by atoms with Gasteiger partial charge in [0.25, 0.3) is 0 Å². The number of hydrogen-bond acceptors (Lipinski definition) is 4. The second-order valence-corrected chi connectivity index (χ2v) is 6.12. The molecule has 0 aromatic rings. The van der Waals surface area contributed by atoms with E-state index in [1.807, 2.05) is 0 Å². The van der Waals surface area contributed by atoms with Crippen molar-refractivity contribution in [3.8, 4) is 0 Å². The van der Waals surface area contributed by atoms with E-state index in [2.05, 4.69) is 12.2 Å². The molecule has 19 heavy (non-hydrogen) atoms. The van der Waals surface area contributed by atoms with Gasteiger partial charge >= 0.3 is 0 Å². The lowest BCUT2D eigenvalue weighted by atomic mass is 9.91. The van der Waals surface area contributed by atoms with Gasteiger partial charge in [-0.1, -0.05) is 6.92 Å². The van der Waals surface area contributed by atoms with E-state index in [1.165, 1.54) is 12.8 Å². The fourth-order valence-electron chi connectivity index (χ4n) is 2.73. The fourth-order valence-corrected chi connectivity index (χ4v) is 2.73. The Hall–Kier alpha value is -0.160. The molecule has 2 aliphatic rings. The number of hydrogen-bond donors (Lipinski definition) is 2. The molecule has 1 saturated heterocycles. The van der Waals surface area contributed by atoms with Crippen LogP contribution < -0.4 is 5.32 Å². The van der Waals surface area contributed by atoms with Gasteiger partial charge in [0.05, 0.1) is 19.8 Å². The molecule has 0 bridgehead atoms. The maximum absolute atomic E-state index is 9.66. The highest BCUT2D eigenvalue weighted by molar-refractivity contribution is 4.94. The van der Waals surface area contributed by atoms with Gasteiger partial charge in [-0.15, -0.1) is 0 Å². The van der Waals surface area contributed by atoms with Crippen molar-refractivity contribution in [1.82, 2.24) is 5.32 Å². The van der Waals surface area contributed by atoms with Gasteiger partial charge in [-0.05, 0) is 38.5 Å². The summed E-state index contributed by atoms with van der Waals surface area (Å²) in [5.41, 5.74) is -0.0823. The molecule has 112 valence electrons. The van der Waals surface area contributed by atoms with E-state index in [1.54, 1.807) is 0 Å². The molecule has 2 N–H and O–H groups in total. The zero-order valence-electron chi connectivity index (χ0n) is 12.2. The molecule has 1 saturated carbocycles. The molecule has 0 amide bonds. The summed E-state index contributed by atoms with van der Waals surface area (Å²) >= 11 is 0. The molecule has 1 heterocycles. The Kier molecular flexibility index (Phi) is 6.07. The number of aliphatic hydroxyl groups is 1. The van der Waals surface area contributed by atoms with E-state index in [0.29, 0.717) is 12.0 Å². The summed E-state index contributed by atoms with van der Waals surface area (Å²) in [6.07, 6.45) is 6.66. The fraction of sp³-hybridized carbons (Fsp3) is 1.00. The maximum Gasteiger partial charge on any atom is 0.0613 e. The number of rotatable bonds is 10. The first-order valence-corrected chi connectivity index (χ1v) is 7.82. The van der Waals surface area contributed by atoms with Crippen LogP contribution in [0.4, 0.5) is 0 Å². The average molecular weight is 271 g/mol. The van der Waals surface area contributed by atoms with Crippen molar-refractivity contribution < 1.29 is 14.6 Å². The first kappa shape index (κ1) is 15.2. The van der Waals surface area contributed by atoms with Gasteiger partial charge in [0.15, 0.2) is 0 Å². The van der Waals surface area contributed by atoms with Crippen molar-refractivity contribution in [3.63, 3.8) is 0 Å². The van der Waals surface area contributed by atoms with Crippen LogP contribution in [-0.4, -0.2) is 49.7 Å². The molecule has 2 rings (SSSR count). The van der Waals surface area contributed by atoms with Crippen molar-refractivity contribution in [2.24, 2.45) is 5.92 Å². The van der Waals surface area contributed by atoms with Crippen molar-refractivity contribution in [3.05, 3.63) is 0 Å². The van der Waals surface area contributed by atoms with Crippen molar-refractivity contribution >= 4 is 0 Å². The lowest BCUT2D eigenvalue weighted by Crippen LogP contribution is -2.49. The normalized spacial score (nSPS) is 26.5. The molecule has 2 fully saturated rings. The van der Waals surface area contributed by atoms with Crippen molar-refractivity contribution in [1.29, 1.82) is 0 Å². The maximum atomic E-state index is 9.66. The summed E-state index contributed by atoms with van der Waals surface area (Å²) in [6.45, 7) is 5.76. The second-order valence-electron chi connectivity index (χ2n) is 6.12. The molecular formula is C15H29NO3. The van der Waals surface area contributed by atoms with Crippen LogP contribution in [0.1, 0.15) is 45.4 Å². The largest absolute Gasteiger partial charge is 0.394 e. The molecule has 1 aliphatic carbocycles. The van der Waals surface area contributed by atoms with Gasteiger partial charge in [0.1, 0.15) is 0 Å². The van der Waals surface area contributed by atoms with E-state index >= 15 is 0 Å². The summed E-state index contributed by atoms with van der Waals surface area (Å²) in [7, 11) is 0. The van der Waals surface area contributed by atoms with Gasteiger partial charge in [-0.25, -0.2) is 0 Å². The minimum Gasteiger partial charge on any atom is -0.394 e. The van der Waals surface area contributed by atoms with Gasteiger partial charge in [0.2, 0.25) is 0 Å². The summed E-state index contributed by atoms with van der Waals surface area (Å²) in [6, 6.07) is 0.642. The molecule has 0 radical (unpaired) electrons. The molecular weight excluding hydrogens is 242 g/mol. The molecule has 0 spiro atoms. The Morgan fingerprint density at radius 2 is 2.21 bits per heavy atom. The third kappa shape index (κ3) is 5.03. The standard InChI is InChI=1S/C15H29NO3/c1-2-15(12-17,16-14-4-5-14)7-3-8-18-10-13-6-9-19-11-13/h13-14,16-17H,2-12H2,1H3. The van der Waals surface area contributed by atoms with Crippen LogP contribution in [0.25, 0.3) is 0 Å². The molecule has 2 unspecified atom stereocenters. The predicted molar refractivity (Wildman–Crippen MR) is 75.2 cm³/mol. The summed E-state index contributed by atoms with van der Waals surface area (Å²) < 4.78 is 11.1. The second kappa shape index (κ2) is 7.58. The summed E-state index contributed by atoms with van der Waals surface area (Å²) in [4.78, 5) is 0. The van der Waals surface area contributed by atoms with E-state index < -0.39 is 0 Å². The SMILES string of the molecule is CCC(CO)(CCCOCC1CCOC1)NC1CC1. The minimum atomic E-state index is -0.0823. The molecule has 1 aliphatic heterocycles. The van der Waals surface area contributed by atoms with Gasteiger partial charge < -0.3 is 19.9 Å². The highest BCUT2D eigenvalue weighted by Crippen LogP contribution is 2.26. The Bertz CT molecular complexity index is 246. The van der Waals surface area contributed by atoms with Gasteiger partial charge in [0, 0.05) is 30.7 Å². The molecule has 0 aromatic heterocycles. The monoisotopic (exact) mass is 271 g/mol. The first-order valence-electron chi connectivity index (χ1n) is 7.82. The summed E-state index contributed by atoms with van der Waals surface area (Å²) in [5.74, 6) is 0.596. The zero-order valence-corrected chi connectivity index (χ0v) is 12.2. The van der Waals surface area contributed by atoms with E-state index in [4.69, 9.17) is 9.47 Å². The highest BCUT2D eigenvalue weighted by atomic mass is 16.5. The molecule has 0 aromatic carbocycles. The van der Waals surface area contributed by atoms with E-state index in [9.17, 15) is 5.11 Å². The smallest absolute Gasteiger partial charge is 0.0613 e. The quantitative estimate of drug-likeness (QED) is 0.594. The highest BCUT2D eigenvalue weighted by Gasteiger charge is 2.33. The van der Waals surface area contributed by atoms with Crippen LogP contribution >= 0.6 is 0 Å². The Labute approximate surface area is 116 Å². The van der Waals surface area contributed by atoms with Crippen LogP contribution in [0.2, 0.25) is 0 Å². The average Bonchev–Trinajstić information content (AvgIpc) is 3.09. The van der Waals surface area contributed by atoms with Crippen LogP contribution in [-0.2, 0) is 9.47 Å². The Balaban J connectivity index is 1.58.